The van der Waals surface area contributed by atoms with Crippen molar-refractivity contribution in [2.24, 2.45) is 11.5 Å². The highest BCUT2D eigenvalue weighted by atomic mass is 15.1. The van der Waals surface area contributed by atoms with Crippen LogP contribution in [0.1, 0.15) is 71.0 Å². The van der Waals surface area contributed by atoms with E-state index in [2.05, 4.69) is 116 Å². The summed E-state index contributed by atoms with van der Waals surface area (Å²) in [7, 11) is 0. The summed E-state index contributed by atoms with van der Waals surface area (Å²) >= 11 is 0. The van der Waals surface area contributed by atoms with Gasteiger partial charge in [-0.1, -0.05) is 134 Å². The molecule has 3 atom stereocenters. The monoisotopic (exact) mass is 616 g/mol. The van der Waals surface area contributed by atoms with Gasteiger partial charge in [0.25, 0.3) is 0 Å². The van der Waals surface area contributed by atoms with Gasteiger partial charge in [0.15, 0.2) is 0 Å². The molecule has 4 nitrogen and oxygen atoms in total. The van der Waals surface area contributed by atoms with Gasteiger partial charge in [0.1, 0.15) is 0 Å². The van der Waals surface area contributed by atoms with E-state index in [0.717, 1.165) is 50.2 Å². The summed E-state index contributed by atoms with van der Waals surface area (Å²) in [5.41, 5.74) is 22.7. The highest BCUT2D eigenvalue weighted by Gasteiger charge is 2.15. The van der Waals surface area contributed by atoms with E-state index in [9.17, 15) is 0 Å². The van der Waals surface area contributed by atoms with Gasteiger partial charge in [-0.2, -0.15) is 0 Å². The lowest BCUT2D eigenvalue weighted by atomic mass is 9.90. The fraction of sp³-hybridized carbons (Fsp3) is 0.116. The van der Waals surface area contributed by atoms with Gasteiger partial charge >= 0.3 is 0 Å². The third-order valence-corrected chi connectivity index (χ3v) is 8.35. The van der Waals surface area contributed by atoms with Crippen molar-refractivity contribution in [3.05, 3.63) is 198 Å². The molecule has 0 amide bonds. The second-order valence-corrected chi connectivity index (χ2v) is 11.7. The van der Waals surface area contributed by atoms with Crippen LogP contribution in [-0.4, -0.2) is 0 Å². The Labute approximate surface area is 280 Å². The van der Waals surface area contributed by atoms with E-state index in [4.69, 9.17) is 11.5 Å². The van der Waals surface area contributed by atoms with Crippen molar-refractivity contribution in [3.63, 3.8) is 0 Å². The minimum absolute atomic E-state index is 0.0650. The molecular weight excluding hydrogens is 573 g/mol. The van der Waals surface area contributed by atoms with Gasteiger partial charge < -0.3 is 16.4 Å². The number of nitrogens with one attached hydrogen (secondary N) is 1. The van der Waals surface area contributed by atoms with Crippen molar-refractivity contribution in [2.75, 3.05) is 4.90 Å². The second-order valence-electron chi connectivity index (χ2n) is 11.7. The number of nitrogens with zero attached hydrogens (tertiary/aromatic N) is 1. The zero-order valence-electron chi connectivity index (χ0n) is 27.3. The SMILES string of the molecule is C=C1C(=C)c2ccccc2/C=C\N(c2cccc(C(C)NC(N)c3ccccc3)c2)/C=C\c2ccccc21.CC(N)c1ccccc1. The number of anilines is 1. The molecule has 1 aliphatic rings. The van der Waals surface area contributed by atoms with Gasteiger partial charge in [0, 0.05) is 30.2 Å². The third kappa shape index (κ3) is 8.51. The lowest BCUT2D eigenvalue weighted by Gasteiger charge is -2.23. The number of nitrogens with two attached hydrogens (primary N) is 2. The molecule has 4 heteroatoms. The summed E-state index contributed by atoms with van der Waals surface area (Å²) in [6.07, 6.45) is 8.22. The number of fused-ring (bicyclic) bond motifs is 2. The van der Waals surface area contributed by atoms with E-state index in [1.165, 1.54) is 5.56 Å². The van der Waals surface area contributed by atoms with E-state index in [1.807, 2.05) is 79.7 Å². The minimum atomic E-state index is -0.249. The molecule has 3 unspecified atom stereocenters. The molecule has 0 aromatic heterocycles. The Hall–Kier alpha value is -5.26. The van der Waals surface area contributed by atoms with Crippen LogP contribution in [0.5, 0.6) is 0 Å². The first kappa shape index (κ1) is 33.1. The largest absolute Gasteiger partial charge is 0.324 e. The maximum Gasteiger partial charge on any atom is 0.0814 e. The molecular formula is C43H44N4. The summed E-state index contributed by atoms with van der Waals surface area (Å²) in [6.45, 7) is 12.9. The predicted octanol–water partition coefficient (Wildman–Crippen LogP) is 9.89. The maximum absolute atomic E-state index is 6.45. The summed E-state index contributed by atoms with van der Waals surface area (Å²) in [5, 5.41) is 3.53. The van der Waals surface area contributed by atoms with Crippen LogP contribution in [0.2, 0.25) is 0 Å². The Balaban J connectivity index is 0.000000417. The highest BCUT2D eigenvalue weighted by molar-refractivity contribution is 6.06. The van der Waals surface area contributed by atoms with Gasteiger partial charge in [0.05, 0.1) is 6.17 Å². The van der Waals surface area contributed by atoms with Crippen LogP contribution in [0.15, 0.2) is 159 Å². The molecule has 0 fully saturated rings. The number of allylic oxidation sites excluding steroid dienone is 2. The van der Waals surface area contributed by atoms with Crippen LogP contribution >= 0.6 is 0 Å². The molecule has 5 N–H and O–H groups in total. The third-order valence-electron chi connectivity index (χ3n) is 8.35. The maximum atomic E-state index is 6.45. The zero-order chi connectivity index (χ0) is 33.2. The van der Waals surface area contributed by atoms with Gasteiger partial charge in [-0.15, -0.1) is 0 Å². The van der Waals surface area contributed by atoms with E-state index in [-0.39, 0.29) is 18.2 Å². The number of rotatable bonds is 6. The van der Waals surface area contributed by atoms with E-state index in [0.29, 0.717) is 0 Å². The van der Waals surface area contributed by atoms with E-state index in [1.54, 1.807) is 0 Å². The molecule has 0 saturated heterocycles. The Morgan fingerprint density at radius 1 is 0.553 bits per heavy atom. The topological polar surface area (TPSA) is 67.3 Å². The molecule has 0 saturated carbocycles. The predicted molar refractivity (Wildman–Crippen MR) is 202 cm³/mol. The average Bonchev–Trinajstić information content (AvgIpc) is 3.14. The fourth-order valence-electron chi connectivity index (χ4n) is 5.54. The number of benzene rings is 5. The summed E-state index contributed by atoms with van der Waals surface area (Å²) in [5.74, 6) is 0. The van der Waals surface area contributed by atoms with Crippen molar-refractivity contribution in [1.29, 1.82) is 0 Å². The number of hydrogen-bond donors (Lipinski definition) is 3. The summed E-state index contributed by atoms with van der Waals surface area (Å²) in [4.78, 5) is 2.15. The first-order chi connectivity index (χ1) is 22.8. The molecule has 47 heavy (non-hydrogen) atoms. The first-order valence-electron chi connectivity index (χ1n) is 16.0. The Bertz CT molecular complexity index is 1790. The second kappa shape index (κ2) is 15.8. The molecule has 0 radical (unpaired) electrons. The fourth-order valence-corrected chi connectivity index (χ4v) is 5.54. The van der Waals surface area contributed by atoms with Gasteiger partial charge in [0.2, 0.25) is 0 Å². The summed E-state index contributed by atoms with van der Waals surface area (Å²) in [6, 6.07) is 45.6. The van der Waals surface area contributed by atoms with Crippen molar-refractivity contribution < 1.29 is 0 Å². The first-order valence-corrected chi connectivity index (χ1v) is 16.0. The lowest BCUT2D eigenvalue weighted by molar-refractivity contribution is 0.479. The molecule has 1 heterocycles. The molecule has 6 rings (SSSR count). The van der Waals surface area contributed by atoms with Gasteiger partial charge in [-0.05, 0) is 88.2 Å². The van der Waals surface area contributed by atoms with Crippen molar-refractivity contribution >= 4 is 29.0 Å². The zero-order valence-corrected chi connectivity index (χ0v) is 27.3. The van der Waals surface area contributed by atoms with E-state index < -0.39 is 0 Å². The van der Waals surface area contributed by atoms with E-state index >= 15 is 0 Å². The molecule has 5 aromatic carbocycles. The minimum Gasteiger partial charge on any atom is -0.324 e. The quantitative estimate of drug-likeness (QED) is 0.166. The summed E-state index contributed by atoms with van der Waals surface area (Å²) < 4.78 is 0. The Morgan fingerprint density at radius 3 is 1.53 bits per heavy atom. The molecule has 0 bridgehead atoms. The van der Waals surface area contributed by atoms with Crippen molar-refractivity contribution in [3.8, 4) is 0 Å². The van der Waals surface area contributed by atoms with Crippen LogP contribution in [0.3, 0.4) is 0 Å². The van der Waals surface area contributed by atoms with Gasteiger partial charge in [-0.25, -0.2) is 0 Å². The molecule has 236 valence electrons. The Kier molecular flexibility index (Phi) is 11.2. The van der Waals surface area contributed by atoms with Crippen LogP contribution in [0.4, 0.5) is 5.69 Å². The highest BCUT2D eigenvalue weighted by Crippen LogP contribution is 2.34. The van der Waals surface area contributed by atoms with Crippen molar-refractivity contribution in [1.82, 2.24) is 5.32 Å². The van der Waals surface area contributed by atoms with Crippen molar-refractivity contribution in [2.45, 2.75) is 32.1 Å². The molecule has 0 aliphatic carbocycles. The molecule has 0 spiro atoms. The van der Waals surface area contributed by atoms with Crippen LogP contribution < -0.4 is 21.7 Å². The standard InChI is InChI=1S/C35H33N3.C8H11N/c1-25-26(2)34-19-10-8-13-29(34)21-23-38(22-20-28-12-7-9-18-33(25)28)32-17-11-16-31(24-32)27(3)37-35(36)30-14-5-4-6-15-30;1-7(9)8-5-3-2-4-6-8/h4-24,27,35,37H,1-2,36H2,3H3;2-7H,9H2,1H3/b22-20-,23-21-;. The van der Waals surface area contributed by atoms with Crippen LogP contribution in [-0.2, 0) is 0 Å². The molecule has 1 aliphatic heterocycles. The normalized spacial score (nSPS) is 15.9. The smallest absolute Gasteiger partial charge is 0.0814 e. The Morgan fingerprint density at radius 2 is 1.02 bits per heavy atom. The number of hydrogen-bond acceptors (Lipinski definition) is 4. The average molecular weight is 617 g/mol. The van der Waals surface area contributed by atoms with Crippen LogP contribution in [0, 0.1) is 0 Å². The van der Waals surface area contributed by atoms with Gasteiger partial charge in [-0.3, -0.25) is 5.32 Å². The lowest BCUT2D eigenvalue weighted by Crippen LogP contribution is -2.31. The van der Waals surface area contributed by atoms with Crippen LogP contribution in [0.25, 0.3) is 23.3 Å². The molecule has 5 aromatic rings.